The van der Waals surface area contributed by atoms with Crippen molar-refractivity contribution in [1.29, 1.82) is 0 Å². The number of benzene rings is 6. The molecule has 101 heavy (non-hydrogen) atoms. The molecule has 6 aromatic rings. The van der Waals surface area contributed by atoms with E-state index in [-0.39, 0.29) is 70.4 Å². The molecule has 14 aliphatic rings. The van der Waals surface area contributed by atoms with E-state index in [0.29, 0.717) is 76.9 Å². The van der Waals surface area contributed by atoms with Gasteiger partial charge in [0.1, 0.15) is 11.2 Å². The quantitative estimate of drug-likeness (QED) is 0.152. The largest absolute Gasteiger partial charge is 0.444 e. The number of carbonyl (C=O) groups excluding carboxylic acids is 2. The Hall–Kier alpha value is -8.01. The number of piperidine rings is 2. The number of halogens is 5. The highest BCUT2D eigenvalue weighted by molar-refractivity contribution is 6.05. The van der Waals surface area contributed by atoms with Crippen molar-refractivity contribution in [2.24, 2.45) is 48.6 Å². The van der Waals surface area contributed by atoms with Crippen LogP contribution in [0.5, 0.6) is 0 Å². The number of ether oxygens (including phenoxy) is 2. The maximum atomic E-state index is 16.5. The first kappa shape index (κ1) is 65.0. The number of nitrogens with one attached hydrogen (secondary N) is 1. The number of hydrogen-bond donors (Lipinski definition) is 1. The molecule has 1 N–H and O–H groups in total. The number of likely N-dealkylation sites (tertiary alicyclic amines) is 2. The first-order valence-electron chi connectivity index (χ1n) is 36.9. The standard InChI is InChI=1S/C47H50F2N4O4.C38H35F2N3.ClH/c1-44(2,3)56-42(54)52-25-46(15-16-46)23-40(52)38-22-31(24-50-38)28-9-13-34-33-12-8-27(19-35(33)47(48,49)36(34)20-28)26-10-14-37-30(17-26)21-39(51-37)41-29-7-11-32(18-29)53(41)43(55)57-45(4,5)6;39-38(40)31-15-22(21-4-8-33-26(13-21)17-35(43-33)36-24-1-5-28(14-24)42-36)2-6-29(31)30-7-3-23(16-32(30)38)27-18-34(41-20-27)25-9-10-37(19-25)11-12-37;/h8-10,12-14,17,19-20,24,29,32,40-41H,7,11,15-16,18,21-23,25H2,1-6H3;2-4,6-8,13,15-16,20,24-25,28,36,42H,1,5,9-12,14,17-19H2;1H/t29-,32+,40?,41-;24-,25?,28+,36-;/m00./s1. The Bertz CT molecular complexity index is 4770. The predicted octanol–water partition coefficient (Wildman–Crippen LogP) is 20.3. The molecular formula is C85H86ClF4N7O4. The lowest BCUT2D eigenvalue weighted by Crippen LogP contribution is -2.50. The Labute approximate surface area is 594 Å². The molecule has 8 fully saturated rings. The fraction of sp³-hybridized carbons (Fsp3) is 0.459. The summed E-state index contributed by atoms with van der Waals surface area (Å²) in [5.41, 5.74) is 17.7. The van der Waals surface area contributed by atoms with Crippen LogP contribution in [0.25, 0.3) is 55.7 Å². The Kier molecular flexibility index (Phi) is 14.8. The number of hydrogen-bond acceptors (Lipinski definition) is 9. The van der Waals surface area contributed by atoms with E-state index < -0.39 is 23.0 Å². The summed E-state index contributed by atoms with van der Waals surface area (Å²) in [6, 6.07) is 35.3. The van der Waals surface area contributed by atoms with Crippen LogP contribution in [0.2, 0.25) is 0 Å². The van der Waals surface area contributed by atoms with Crippen LogP contribution in [-0.2, 0) is 34.2 Å². The van der Waals surface area contributed by atoms with Gasteiger partial charge in [-0.1, -0.05) is 60.7 Å². The Morgan fingerprint density at radius 1 is 0.505 bits per heavy atom. The third kappa shape index (κ3) is 11.1. The molecule has 16 heteroatoms. The molecule has 3 saturated heterocycles. The Balaban J connectivity index is 0.000000149. The predicted molar refractivity (Wildman–Crippen MR) is 393 cm³/mol. The van der Waals surface area contributed by atoms with Crippen LogP contribution in [0.4, 0.5) is 38.5 Å². The molecule has 7 aliphatic carbocycles. The normalized spacial score (nSPS) is 27.3. The van der Waals surface area contributed by atoms with Crippen LogP contribution >= 0.6 is 12.4 Å². The summed E-state index contributed by atoms with van der Waals surface area (Å²) in [5.74, 6) is -4.57. The van der Waals surface area contributed by atoms with Crippen LogP contribution in [-0.4, -0.2) is 92.8 Å². The zero-order chi connectivity index (χ0) is 68.3. The first-order valence-corrected chi connectivity index (χ1v) is 36.9. The highest BCUT2D eigenvalue weighted by atomic mass is 35.5. The molecule has 0 radical (unpaired) electrons. The van der Waals surface area contributed by atoms with Gasteiger partial charge in [-0.3, -0.25) is 29.8 Å². The van der Waals surface area contributed by atoms with E-state index >= 15 is 17.6 Å². The lowest BCUT2D eigenvalue weighted by Gasteiger charge is -2.36. The number of fused-ring (bicyclic) bond motifs is 12. The smallest absolute Gasteiger partial charge is 0.411 e. The molecule has 2 unspecified atom stereocenters. The second-order valence-electron chi connectivity index (χ2n) is 34.1. The summed E-state index contributed by atoms with van der Waals surface area (Å²) in [7, 11) is 0. The molecule has 0 aromatic heterocycles. The van der Waals surface area contributed by atoms with Crippen LogP contribution in [0.1, 0.15) is 189 Å². The van der Waals surface area contributed by atoms with Gasteiger partial charge in [-0.25, -0.2) is 9.59 Å². The molecule has 2 spiro atoms. The van der Waals surface area contributed by atoms with Gasteiger partial charge in [0.2, 0.25) is 0 Å². The minimum Gasteiger partial charge on any atom is -0.444 e. The van der Waals surface area contributed by atoms with Crippen molar-refractivity contribution in [3.05, 3.63) is 166 Å². The van der Waals surface area contributed by atoms with E-state index in [2.05, 4.69) is 23.5 Å². The van der Waals surface area contributed by atoms with Gasteiger partial charge in [-0.15, -0.1) is 12.4 Å². The number of nitrogens with zero attached hydrogens (tertiary/aromatic N) is 6. The molecule has 8 atom stereocenters. The zero-order valence-electron chi connectivity index (χ0n) is 58.3. The molecule has 7 heterocycles. The summed E-state index contributed by atoms with van der Waals surface area (Å²) >= 11 is 0. The van der Waals surface area contributed by atoms with E-state index in [1.54, 1.807) is 30.5 Å². The minimum atomic E-state index is -3.18. The second kappa shape index (κ2) is 23.0. The summed E-state index contributed by atoms with van der Waals surface area (Å²) in [4.78, 5) is 50.0. The SMILES string of the molecule is CC(C)(C)OC(=O)N1CC2(CC2)CC1C1=NC=C(c2ccc3c(c2)C(F)(F)c2cc(-c4ccc5c(c4)CC([C@@H]4[C@H]6CC[C@H](C6)N4C(=O)OC(C)(C)C)=N5)ccc2-3)C1.Cl.FC1(F)c2cc(C3=CN=C(C4CCC5(CC5)C4)C3)ccc2-c2ccc(-c3ccc4c(c3)CC([C@H]3N[C@@H]5CC[C@H]3C5)=N4)cc21. The average molecular weight is 1380 g/mol. The van der Waals surface area contributed by atoms with Crippen LogP contribution < -0.4 is 5.32 Å². The zero-order valence-corrected chi connectivity index (χ0v) is 59.2. The second-order valence-corrected chi connectivity index (χ2v) is 34.1. The number of alkyl halides is 4. The third-order valence-electron chi connectivity index (χ3n) is 25.2. The van der Waals surface area contributed by atoms with E-state index in [1.807, 2.05) is 124 Å². The minimum absolute atomic E-state index is 0. The maximum Gasteiger partial charge on any atom is 0.411 e. The number of carbonyl (C=O) groups is 2. The van der Waals surface area contributed by atoms with Gasteiger partial charge in [-0.2, -0.15) is 17.6 Å². The molecule has 11 nitrogen and oxygen atoms in total. The first-order chi connectivity index (χ1) is 47.9. The molecule has 7 aliphatic heterocycles. The number of aliphatic imine (C=N–C) groups is 4. The van der Waals surface area contributed by atoms with Crippen LogP contribution in [0, 0.1) is 28.6 Å². The van der Waals surface area contributed by atoms with Crippen LogP contribution in [0.15, 0.2) is 142 Å². The summed E-state index contributed by atoms with van der Waals surface area (Å²) in [6.45, 7) is 12.0. The number of allylic oxidation sites excluding steroid dienone is 2. The topological polar surface area (TPSA) is 121 Å². The number of rotatable bonds is 8. The van der Waals surface area contributed by atoms with Crippen molar-refractivity contribution in [2.75, 3.05) is 6.54 Å². The highest BCUT2D eigenvalue weighted by Crippen LogP contribution is 2.61. The van der Waals surface area contributed by atoms with E-state index in [1.165, 1.54) is 68.4 Å². The molecule has 4 bridgehead atoms. The Morgan fingerprint density at radius 3 is 1.53 bits per heavy atom. The van der Waals surface area contributed by atoms with Crippen molar-refractivity contribution in [2.45, 2.75) is 210 Å². The van der Waals surface area contributed by atoms with E-state index in [4.69, 9.17) is 29.4 Å². The lowest BCUT2D eigenvalue weighted by atomic mass is 9.91. The van der Waals surface area contributed by atoms with E-state index in [9.17, 15) is 9.59 Å². The van der Waals surface area contributed by atoms with Crippen molar-refractivity contribution in [3.8, 4) is 44.5 Å². The van der Waals surface area contributed by atoms with Gasteiger partial charge in [0.05, 0.1) is 23.5 Å². The molecule has 6 aromatic carbocycles. The molecule has 2 amide bonds. The molecule has 20 rings (SSSR count). The van der Waals surface area contributed by atoms with Gasteiger partial charge < -0.3 is 14.8 Å². The molecular weight excluding hydrogens is 1290 g/mol. The molecule has 5 saturated carbocycles. The van der Waals surface area contributed by atoms with Crippen molar-refractivity contribution in [1.82, 2.24) is 15.1 Å². The monoisotopic (exact) mass is 1380 g/mol. The highest BCUT2D eigenvalue weighted by Gasteiger charge is 2.57. The Morgan fingerprint density at radius 2 is 1.00 bits per heavy atom. The summed E-state index contributed by atoms with van der Waals surface area (Å²) in [6.07, 6.45) is 22.4. The fourth-order valence-electron chi connectivity index (χ4n) is 19.8. The van der Waals surface area contributed by atoms with Crippen LogP contribution in [0.3, 0.4) is 0 Å². The fourth-order valence-corrected chi connectivity index (χ4v) is 19.8. The van der Waals surface area contributed by atoms with Gasteiger partial charge in [0.25, 0.3) is 11.8 Å². The third-order valence-corrected chi connectivity index (χ3v) is 25.2. The van der Waals surface area contributed by atoms with Gasteiger partial charge in [-0.05, 0) is 286 Å². The van der Waals surface area contributed by atoms with Crippen molar-refractivity contribution >= 4 is 70.0 Å². The lowest BCUT2D eigenvalue weighted by molar-refractivity contribution is 0.0141. The van der Waals surface area contributed by atoms with Crippen molar-refractivity contribution in [3.63, 3.8) is 0 Å². The van der Waals surface area contributed by atoms with Gasteiger partial charge in [0.15, 0.2) is 0 Å². The number of amides is 2. The average Bonchev–Trinajstić information content (AvgIpc) is 1.58. The molecule has 520 valence electrons. The van der Waals surface area contributed by atoms with Gasteiger partial charge >= 0.3 is 12.2 Å². The summed E-state index contributed by atoms with van der Waals surface area (Å²) < 4.78 is 77.0. The maximum absolute atomic E-state index is 16.5. The van der Waals surface area contributed by atoms with Crippen molar-refractivity contribution < 1.29 is 36.6 Å². The van der Waals surface area contributed by atoms with Gasteiger partial charge in [0, 0.05) is 108 Å². The van der Waals surface area contributed by atoms with E-state index in [0.717, 1.165) is 124 Å². The summed E-state index contributed by atoms with van der Waals surface area (Å²) in [5, 5.41) is 3.78.